The zero-order valence-electron chi connectivity index (χ0n) is 8.79. The van der Waals surface area contributed by atoms with Crippen molar-refractivity contribution in [1.82, 2.24) is 0 Å². The molecule has 0 saturated heterocycles. The molecule has 0 amide bonds. The van der Waals surface area contributed by atoms with Crippen LogP contribution in [0, 0.1) is 23.7 Å². The van der Waals surface area contributed by atoms with Crippen molar-refractivity contribution < 1.29 is 9.90 Å². The molecule has 0 bridgehead atoms. The summed E-state index contributed by atoms with van der Waals surface area (Å²) in [5.74, 6) is 1.09. The van der Waals surface area contributed by atoms with E-state index in [1.54, 1.807) is 0 Å². The van der Waals surface area contributed by atoms with Crippen LogP contribution >= 0.6 is 0 Å². The van der Waals surface area contributed by atoms with Gasteiger partial charge in [-0.05, 0) is 30.6 Å². The fourth-order valence-electron chi connectivity index (χ4n) is 2.24. The molecule has 0 aromatic rings. The standard InChI is InChI=1S/C11H20O2/c1-7-4-5-10(6-8(7)2)9(3)11(12)13/h7-10H,4-6H2,1-3H3,(H,12,13). The van der Waals surface area contributed by atoms with Gasteiger partial charge in [0.2, 0.25) is 0 Å². The lowest BCUT2D eigenvalue weighted by Crippen LogP contribution is -2.28. The third-order valence-electron chi connectivity index (χ3n) is 3.74. The summed E-state index contributed by atoms with van der Waals surface area (Å²) in [5, 5.41) is 8.89. The maximum atomic E-state index is 10.8. The van der Waals surface area contributed by atoms with Crippen molar-refractivity contribution in [3.05, 3.63) is 0 Å². The van der Waals surface area contributed by atoms with Crippen LogP contribution in [0.3, 0.4) is 0 Å². The molecule has 1 aliphatic carbocycles. The lowest BCUT2D eigenvalue weighted by Gasteiger charge is -2.33. The van der Waals surface area contributed by atoms with Gasteiger partial charge >= 0.3 is 5.97 Å². The van der Waals surface area contributed by atoms with Crippen LogP contribution in [-0.4, -0.2) is 11.1 Å². The van der Waals surface area contributed by atoms with E-state index in [1.165, 1.54) is 6.42 Å². The topological polar surface area (TPSA) is 37.3 Å². The highest BCUT2D eigenvalue weighted by Gasteiger charge is 2.30. The van der Waals surface area contributed by atoms with E-state index in [0.29, 0.717) is 11.8 Å². The molecule has 1 saturated carbocycles. The Morgan fingerprint density at radius 1 is 1.31 bits per heavy atom. The minimum Gasteiger partial charge on any atom is -0.481 e. The van der Waals surface area contributed by atoms with Gasteiger partial charge in [0.1, 0.15) is 0 Å². The van der Waals surface area contributed by atoms with Crippen molar-refractivity contribution in [3.8, 4) is 0 Å². The Bertz CT molecular complexity index is 189. The van der Waals surface area contributed by atoms with E-state index in [-0.39, 0.29) is 5.92 Å². The van der Waals surface area contributed by atoms with Crippen LogP contribution < -0.4 is 0 Å². The fourth-order valence-corrected chi connectivity index (χ4v) is 2.24. The van der Waals surface area contributed by atoms with Gasteiger partial charge in [-0.15, -0.1) is 0 Å². The zero-order valence-corrected chi connectivity index (χ0v) is 8.79. The van der Waals surface area contributed by atoms with E-state index in [0.717, 1.165) is 18.8 Å². The van der Waals surface area contributed by atoms with Gasteiger partial charge in [-0.3, -0.25) is 4.79 Å². The first-order valence-electron chi connectivity index (χ1n) is 5.25. The van der Waals surface area contributed by atoms with Crippen molar-refractivity contribution in [2.45, 2.75) is 40.0 Å². The fraction of sp³-hybridized carbons (Fsp3) is 0.909. The molecule has 0 spiro atoms. The summed E-state index contributed by atoms with van der Waals surface area (Å²) >= 11 is 0. The Morgan fingerprint density at radius 2 is 1.92 bits per heavy atom. The molecule has 1 aliphatic rings. The molecule has 2 nitrogen and oxygen atoms in total. The molecule has 4 unspecified atom stereocenters. The second-order valence-electron chi connectivity index (χ2n) is 4.65. The summed E-state index contributed by atoms with van der Waals surface area (Å²) in [5.41, 5.74) is 0. The van der Waals surface area contributed by atoms with E-state index in [2.05, 4.69) is 13.8 Å². The van der Waals surface area contributed by atoms with Gasteiger partial charge in [-0.1, -0.05) is 27.2 Å². The summed E-state index contributed by atoms with van der Waals surface area (Å²) in [6, 6.07) is 0. The molecular formula is C11H20O2. The predicted octanol–water partition coefficient (Wildman–Crippen LogP) is 2.78. The first kappa shape index (κ1) is 10.6. The van der Waals surface area contributed by atoms with Crippen molar-refractivity contribution in [2.75, 3.05) is 0 Å². The largest absolute Gasteiger partial charge is 0.481 e. The van der Waals surface area contributed by atoms with Crippen LogP contribution in [0.25, 0.3) is 0 Å². The van der Waals surface area contributed by atoms with Gasteiger partial charge in [-0.2, -0.15) is 0 Å². The Balaban J connectivity index is 2.50. The highest BCUT2D eigenvalue weighted by Crippen LogP contribution is 2.36. The molecule has 0 aromatic heterocycles. The molecule has 1 fully saturated rings. The highest BCUT2D eigenvalue weighted by molar-refractivity contribution is 5.69. The van der Waals surface area contributed by atoms with E-state index >= 15 is 0 Å². The van der Waals surface area contributed by atoms with E-state index < -0.39 is 5.97 Å². The molecule has 0 radical (unpaired) electrons. The summed E-state index contributed by atoms with van der Waals surface area (Å²) in [7, 11) is 0. The molecule has 13 heavy (non-hydrogen) atoms. The Kier molecular flexibility index (Phi) is 3.34. The number of rotatable bonds is 2. The van der Waals surface area contributed by atoms with Crippen molar-refractivity contribution >= 4 is 5.97 Å². The smallest absolute Gasteiger partial charge is 0.306 e. The molecule has 1 rings (SSSR count). The van der Waals surface area contributed by atoms with Gasteiger partial charge in [0.25, 0.3) is 0 Å². The third kappa shape index (κ3) is 2.45. The minimum absolute atomic E-state index is 0.157. The van der Waals surface area contributed by atoms with Gasteiger partial charge in [0, 0.05) is 0 Å². The van der Waals surface area contributed by atoms with E-state index in [9.17, 15) is 4.79 Å². The number of aliphatic carboxylic acids is 1. The maximum absolute atomic E-state index is 10.8. The molecule has 1 N–H and O–H groups in total. The molecule has 0 aliphatic heterocycles. The minimum atomic E-state index is -0.633. The first-order chi connectivity index (χ1) is 6.02. The Morgan fingerprint density at radius 3 is 2.38 bits per heavy atom. The molecule has 0 heterocycles. The summed E-state index contributed by atoms with van der Waals surface area (Å²) in [6.45, 7) is 6.35. The Labute approximate surface area is 80.3 Å². The van der Waals surface area contributed by atoms with Crippen LogP contribution in [0.5, 0.6) is 0 Å². The summed E-state index contributed by atoms with van der Waals surface area (Å²) in [4.78, 5) is 10.8. The second kappa shape index (κ2) is 4.12. The number of carboxylic acids is 1. The summed E-state index contributed by atoms with van der Waals surface area (Å²) < 4.78 is 0. The van der Waals surface area contributed by atoms with Crippen molar-refractivity contribution in [1.29, 1.82) is 0 Å². The SMILES string of the molecule is CC1CCC(C(C)C(=O)O)CC1C. The first-order valence-corrected chi connectivity index (χ1v) is 5.25. The van der Waals surface area contributed by atoms with Gasteiger partial charge < -0.3 is 5.11 Å². The highest BCUT2D eigenvalue weighted by atomic mass is 16.4. The van der Waals surface area contributed by atoms with E-state index in [4.69, 9.17) is 5.11 Å². The monoisotopic (exact) mass is 184 g/mol. The molecule has 2 heteroatoms. The lowest BCUT2D eigenvalue weighted by atomic mass is 9.72. The van der Waals surface area contributed by atoms with Crippen molar-refractivity contribution in [3.63, 3.8) is 0 Å². The van der Waals surface area contributed by atoms with Crippen LogP contribution in [0.4, 0.5) is 0 Å². The molecular weight excluding hydrogens is 164 g/mol. The van der Waals surface area contributed by atoms with Crippen LogP contribution in [-0.2, 0) is 4.79 Å². The molecule has 4 atom stereocenters. The lowest BCUT2D eigenvalue weighted by molar-refractivity contribution is -0.143. The third-order valence-corrected chi connectivity index (χ3v) is 3.74. The van der Waals surface area contributed by atoms with Gasteiger partial charge in [0.05, 0.1) is 5.92 Å². The average molecular weight is 184 g/mol. The van der Waals surface area contributed by atoms with Crippen LogP contribution in [0.1, 0.15) is 40.0 Å². The predicted molar refractivity (Wildman–Crippen MR) is 52.5 cm³/mol. The second-order valence-corrected chi connectivity index (χ2v) is 4.65. The molecule has 0 aromatic carbocycles. The van der Waals surface area contributed by atoms with Gasteiger partial charge in [0.15, 0.2) is 0 Å². The van der Waals surface area contributed by atoms with Crippen LogP contribution in [0.15, 0.2) is 0 Å². The number of hydrogen-bond acceptors (Lipinski definition) is 1. The average Bonchev–Trinajstić information content (AvgIpc) is 2.08. The van der Waals surface area contributed by atoms with Crippen LogP contribution in [0.2, 0.25) is 0 Å². The molecule has 76 valence electrons. The van der Waals surface area contributed by atoms with E-state index in [1.807, 2.05) is 6.92 Å². The normalized spacial score (nSPS) is 37.0. The Hall–Kier alpha value is -0.530. The van der Waals surface area contributed by atoms with Crippen molar-refractivity contribution in [2.24, 2.45) is 23.7 Å². The quantitative estimate of drug-likeness (QED) is 0.716. The number of carbonyl (C=O) groups is 1. The van der Waals surface area contributed by atoms with Gasteiger partial charge in [-0.25, -0.2) is 0 Å². The summed E-state index contributed by atoms with van der Waals surface area (Å²) in [6.07, 6.45) is 3.39. The zero-order chi connectivity index (χ0) is 10.0. The maximum Gasteiger partial charge on any atom is 0.306 e. The number of hydrogen-bond donors (Lipinski definition) is 1. The number of carboxylic acid groups (broad SMARTS) is 1.